The number of hydrogen-bond acceptors (Lipinski definition) is 4. The van der Waals surface area contributed by atoms with Crippen LogP contribution in [0.1, 0.15) is 32.1 Å². The van der Waals surface area contributed by atoms with Gasteiger partial charge in [-0.2, -0.15) is 0 Å². The molecule has 17 heavy (non-hydrogen) atoms. The van der Waals surface area contributed by atoms with Crippen molar-refractivity contribution in [1.29, 1.82) is 0 Å². The summed E-state index contributed by atoms with van der Waals surface area (Å²) in [6, 6.07) is 0. The lowest BCUT2D eigenvalue weighted by Crippen LogP contribution is -2.58. The minimum Gasteiger partial charge on any atom is -0.480 e. The fourth-order valence-electron chi connectivity index (χ4n) is 2.27. The van der Waals surface area contributed by atoms with Crippen molar-refractivity contribution in [2.24, 2.45) is 0 Å². The molecule has 94 valence electrons. The smallest absolute Gasteiger partial charge is 0.329 e. The van der Waals surface area contributed by atoms with Crippen molar-refractivity contribution in [3.63, 3.8) is 0 Å². The first-order valence-electron chi connectivity index (χ1n) is 5.76. The molecule has 2 aliphatic rings. The molecule has 0 saturated heterocycles. The molecule has 1 amide bonds. The van der Waals surface area contributed by atoms with Gasteiger partial charge in [-0.05, 0) is 18.2 Å². The molecule has 0 radical (unpaired) electrons. The maximum Gasteiger partial charge on any atom is 0.329 e. The minimum absolute atomic E-state index is 0.246. The molecule has 0 bridgehead atoms. The Morgan fingerprint density at radius 2 is 2.06 bits per heavy atom. The zero-order chi connectivity index (χ0) is 12.3. The van der Waals surface area contributed by atoms with Crippen LogP contribution in [-0.2, 0) is 9.59 Å². The third-order valence-electron chi connectivity index (χ3n) is 3.25. The number of nitrogens with one attached hydrogen (secondary N) is 2. The zero-order valence-electron chi connectivity index (χ0n) is 9.44. The van der Waals surface area contributed by atoms with E-state index in [9.17, 15) is 14.7 Å². The quantitative estimate of drug-likeness (QED) is 0.703. The Morgan fingerprint density at radius 1 is 1.35 bits per heavy atom. The van der Waals surface area contributed by atoms with Crippen molar-refractivity contribution in [3.8, 4) is 0 Å². The molecule has 1 heterocycles. The number of carbonyl (C=O) groups excluding carboxylic acids is 1. The molecule has 0 spiro atoms. The molecule has 0 aromatic carbocycles. The summed E-state index contributed by atoms with van der Waals surface area (Å²) in [6.45, 7) is 0. The predicted molar refractivity (Wildman–Crippen MR) is 65.2 cm³/mol. The van der Waals surface area contributed by atoms with E-state index >= 15 is 0 Å². The molecule has 5 nitrogen and oxygen atoms in total. The molecular formula is C11H16N2O3S. The highest BCUT2D eigenvalue weighted by Gasteiger charge is 2.42. The van der Waals surface area contributed by atoms with Gasteiger partial charge in [-0.15, -0.1) is 0 Å². The third kappa shape index (κ3) is 2.57. The van der Waals surface area contributed by atoms with Crippen molar-refractivity contribution in [2.45, 2.75) is 43.0 Å². The van der Waals surface area contributed by atoms with Crippen LogP contribution >= 0.6 is 11.8 Å². The Hall–Kier alpha value is -1.17. The summed E-state index contributed by atoms with van der Waals surface area (Å²) in [5.41, 5.74) is -1.06. The number of rotatable bonds is 3. The average molecular weight is 256 g/mol. The van der Waals surface area contributed by atoms with Crippen LogP contribution in [0.3, 0.4) is 0 Å². The maximum absolute atomic E-state index is 11.9. The number of carbonyl (C=O) groups is 2. The topological polar surface area (TPSA) is 78.4 Å². The molecule has 1 fully saturated rings. The predicted octanol–water partition coefficient (Wildman–Crippen LogP) is 1.02. The van der Waals surface area contributed by atoms with Crippen LogP contribution in [0.15, 0.2) is 11.6 Å². The Labute approximate surface area is 104 Å². The number of amides is 1. The molecule has 2 rings (SSSR count). The highest BCUT2D eigenvalue weighted by Crippen LogP contribution is 2.29. The summed E-state index contributed by atoms with van der Waals surface area (Å²) in [7, 11) is 0. The summed E-state index contributed by atoms with van der Waals surface area (Å²) >= 11 is 1.35. The Balaban J connectivity index is 2.02. The van der Waals surface area contributed by atoms with Gasteiger partial charge in [0.1, 0.15) is 5.54 Å². The fourth-order valence-corrected chi connectivity index (χ4v) is 2.92. The van der Waals surface area contributed by atoms with Crippen LogP contribution < -0.4 is 10.6 Å². The zero-order valence-corrected chi connectivity index (χ0v) is 10.3. The normalized spacial score (nSPS) is 26.2. The summed E-state index contributed by atoms with van der Waals surface area (Å²) in [6.07, 6.45) is 5.51. The highest BCUT2D eigenvalue weighted by molar-refractivity contribution is 8.03. The van der Waals surface area contributed by atoms with Gasteiger partial charge in [0.25, 0.3) is 5.91 Å². The lowest BCUT2D eigenvalue weighted by Gasteiger charge is -2.34. The van der Waals surface area contributed by atoms with Crippen molar-refractivity contribution < 1.29 is 14.7 Å². The van der Waals surface area contributed by atoms with E-state index in [-0.39, 0.29) is 5.91 Å². The van der Waals surface area contributed by atoms with Gasteiger partial charge >= 0.3 is 5.97 Å². The second kappa shape index (κ2) is 5.00. The summed E-state index contributed by atoms with van der Waals surface area (Å²) in [5.74, 6) is -1.16. The first kappa shape index (κ1) is 12.3. The molecule has 3 N–H and O–H groups in total. The van der Waals surface area contributed by atoms with Crippen LogP contribution in [0.2, 0.25) is 0 Å². The first-order chi connectivity index (χ1) is 8.14. The standard InChI is InChI=1S/C11H16N2O3S/c14-8(9-12-6-7-17-9)13-11(10(15)16)4-2-1-3-5-11/h6-7,9,12H,1-5H2,(H,13,14)(H,15,16). The Bertz CT molecular complexity index is 343. The number of thioether (sulfide) groups is 1. The monoisotopic (exact) mass is 256 g/mol. The Kier molecular flexibility index (Phi) is 3.61. The van der Waals surface area contributed by atoms with Gasteiger partial charge in [0.05, 0.1) is 0 Å². The Morgan fingerprint density at radius 3 is 2.59 bits per heavy atom. The SMILES string of the molecule is O=C(NC1(C(=O)O)CCCCC1)C1NC=CS1. The largest absolute Gasteiger partial charge is 0.480 e. The molecule has 0 aromatic heterocycles. The van der Waals surface area contributed by atoms with Gasteiger partial charge in [0, 0.05) is 6.20 Å². The van der Waals surface area contributed by atoms with Crippen LogP contribution in [0, 0.1) is 0 Å². The van der Waals surface area contributed by atoms with E-state index in [0.717, 1.165) is 19.3 Å². The molecule has 1 unspecified atom stereocenters. The van der Waals surface area contributed by atoms with E-state index < -0.39 is 16.9 Å². The average Bonchev–Trinajstić information content (AvgIpc) is 2.83. The van der Waals surface area contributed by atoms with Crippen LogP contribution in [0.25, 0.3) is 0 Å². The molecule has 1 saturated carbocycles. The maximum atomic E-state index is 11.9. The molecule has 1 aliphatic heterocycles. The molecule has 6 heteroatoms. The van der Waals surface area contributed by atoms with E-state index in [0.29, 0.717) is 12.8 Å². The minimum atomic E-state index is -1.06. The van der Waals surface area contributed by atoms with Crippen molar-refractivity contribution in [1.82, 2.24) is 10.6 Å². The highest BCUT2D eigenvalue weighted by atomic mass is 32.2. The van der Waals surface area contributed by atoms with Gasteiger partial charge in [-0.25, -0.2) is 4.79 Å². The van der Waals surface area contributed by atoms with Crippen molar-refractivity contribution in [2.75, 3.05) is 0 Å². The second-order valence-corrected chi connectivity index (χ2v) is 5.44. The number of carboxylic acids is 1. The fraction of sp³-hybridized carbons (Fsp3) is 0.636. The molecule has 1 aliphatic carbocycles. The number of carboxylic acid groups (broad SMARTS) is 1. The van der Waals surface area contributed by atoms with Gasteiger partial charge in [0.2, 0.25) is 0 Å². The van der Waals surface area contributed by atoms with E-state index in [1.165, 1.54) is 11.8 Å². The summed E-state index contributed by atoms with van der Waals surface area (Å²) < 4.78 is 0. The number of aliphatic carboxylic acids is 1. The summed E-state index contributed by atoms with van der Waals surface area (Å²) in [5, 5.41) is 16.3. The van der Waals surface area contributed by atoms with Crippen LogP contribution in [0.5, 0.6) is 0 Å². The third-order valence-corrected chi connectivity index (χ3v) is 4.16. The van der Waals surface area contributed by atoms with Crippen LogP contribution in [-0.4, -0.2) is 27.9 Å². The second-order valence-electron chi connectivity index (χ2n) is 4.42. The first-order valence-corrected chi connectivity index (χ1v) is 6.70. The molecular weight excluding hydrogens is 240 g/mol. The van der Waals surface area contributed by atoms with Gasteiger partial charge in [-0.1, -0.05) is 31.0 Å². The van der Waals surface area contributed by atoms with E-state index in [2.05, 4.69) is 10.6 Å². The van der Waals surface area contributed by atoms with Gasteiger partial charge in [0.15, 0.2) is 5.37 Å². The van der Waals surface area contributed by atoms with E-state index in [1.54, 1.807) is 11.6 Å². The van der Waals surface area contributed by atoms with Gasteiger partial charge in [-0.3, -0.25) is 4.79 Å². The lowest BCUT2D eigenvalue weighted by atomic mass is 9.81. The number of hydrogen-bond donors (Lipinski definition) is 3. The summed E-state index contributed by atoms with van der Waals surface area (Å²) in [4.78, 5) is 23.3. The van der Waals surface area contributed by atoms with Crippen LogP contribution in [0.4, 0.5) is 0 Å². The van der Waals surface area contributed by atoms with Gasteiger partial charge < -0.3 is 15.7 Å². The van der Waals surface area contributed by atoms with E-state index in [1.807, 2.05) is 0 Å². The molecule has 1 atom stereocenters. The molecule has 0 aromatic rings. The van der Waals surface area contributed by atoms with Crippen molar-refractivity contribution in [3.05, 3.63) is 11.6 Å². The lowest BCUT2D eigenvalue weighted by molar-refractivity contribution is -0.149. The van der Waals surface area contributed by atoms with Crippen molar-refractivity contribution >= 4 is 23.6 Å². The van der Waals surface area contributed by atoms with E-state index in [4.69, 9.17) is 0 Å².